The van der Waals surface area contributed by atoms with Crippen LogP contribution >= 0.6 is 11.8 Å². The molecular formula is C14H26N2S. The van der Waals surface area contributed by atoms with Gasteiger partial charge in [0, 0.05) is 18.3 Å². The van der Waals surface area contributed by atoms with Crippen LogP contribution in [0.2, 0.25) is 0 Å². The summed E-state index contributed by atoms with van der Waals surface area (Å²) in [5.41, 5.74) is 0. The molecule has 1 saturated heterocycles. The van der Waals surface area contributed by atoms with Crippen LogP contribution in [0, 0.1) is 11.8 Å². The largest absolute Gasteiger partial charge is 0.362 e. The number of hydrogen-bond donors (Lipinski definition) is 1. The molecule has 0 aromatic heterocycles. The zero-order valence-electron chi connectivity index (χ0n) is 11.2. The summed E-state index contributed by atoms with van der Waals surface area (Å²) in [4.78, 5) is 4.71. The number of nitrogens with zero attached hydrogens (tertiary/aromatic N) is 1. The molecule has 2 unspecified atom stereocenters. The van der Waals surface area contributed by atoms with Gasteiger partial charge >= 0.3 is 0 Å². The minimum absolute atomic E-state index is 0.741. The molecule has 1 saturated carbocycles. The normalized spacial score (nSPS) is 30.6. The Morgan fingerprint density at radius 3 is 3.06 bits per heavy atom. The molecule has 0 bridgehead atoms. The molecule has 1 N–H and O–H groups in total. The van der Waals surface area contributed by atoms with Crippen LogP contribution in [-0.2, 0) is 0 Å². The van der Waals surface area contributed by atoms with E-state index in [1.807, 2.05) is 11.8 Å². The highest BCUT2D eigenvalue weighted by atomic mass is 32.2. The molecule has 98 valence electrons. The summed E-state index contributed by atoms with van der Waals surface area (Å²) >= 11 is 1.94. The smallest absolute Gasteiger partial charge is 0.156 e. The summed E-state index contributed by atoms with van der Waals surface area (Å²) in [6, 6.07) is 0.741. The van der Waals surface area contributed by atoms with Gasteiger partial charge in [-0.15, -0.1) is 0 Å². The third-order valence-electron chi connectivity index (χ3n) is 3.85. The Morgan fingerprint density at radius 1 is 1.35 bits per heavy atom. The lowest BCUT2D eigenvalue weighted by atomic mass is 10.1. The van der Waals surface area contributed by atoms with Crippen molar-refractivity contribution < 1.29 is 0 Å². The van der Waals surface area contributed by atoms with Gasteiger partial charge in [-0.2, -0.15) is 0 Å². The molecule has 1 aliphatic carbocycles. The predicted octanol–water partition coefficient (Wildman–Crippen LogP) is 3.67. The van der Waals surface area contributed by atoms with Crippen LogP contribution in [0.25, 0.3) is 0 Å². The van der Waals surface area contributed by atoms with Crippen molar-refractivity contribution in [2.75, 3.05) is 12.3 Å². The van der Waals surface area contributed by atoms with E-state index in [4.69, 9.17) is 4.99 Å². The Labute approximate surface area is 110 Å². The SMILES string of the molecule is CC(C)CCCCN=C1NC2CCCC2CS1. The molecular weight excluding hydrogens is 228 g/mol. The monoisotopic (exact) mass is 254 g/mol. The van der Waals surface area contributed by atoms with Gasteiger partial charge in [-0.1, -0.05) is 44.9 Å². The second kappa shape index (κ2) is 6.67. The van der Waals surface area contributed by atoms with Crippen molar-refractivity contribution in [3.05, 3.63) is 0 Å². The Bertz CT molecular complexity index is 263. The van der Waals surface area contributed by atoms with Crippen molar-refractivity contribution >= 4 is 16.9 Å². The number of aliphatic imine (C=N–C) groups is 1. The van der Waals surface area contributed by atoms with E-state index >= 15 is 0 Å². The summed E-state index contributed by atoms with van der Waals surface area (Å²) in [6.45, 7) is 5.61. The Balaban J connectivity index is 1.64. The van der Waals surface area contributed by atoms with Crippen LogP contribution in [0.15, 0.2) is 4.99 Å². The van der Waals surface area contributed by atoms with Gasteiger partial charge in [0.25, 0.3) is 0 Å². The topological polar surface area (TPSA) is 24.4 Å². The van der Waals surface area contributed by atoms with Crippen molar-refractivity contribution in [2.24, 2.45) is 16.8 Å². The molecule has 1 aliphatic heterocycles. The molecule has 2 aliphatic rings. The van der Waals surface area contributed by atoms with Gasteiger partial charge in [-0.3, -0.25) is 4.99 Å². The highest BCUT2D eigenvalue weighted by molar-refractivity contribution is 8.13. The molecule has 0 radical (unpaired) electrons. The molecule has 0 aromatic rings. The fourth-order valence-electron chi connectivity index (χ4n) is 2.75. The highest BCUT2D eigenvalue weighted by Gasteiger charge is 2.31. The first kappa shape index (κ1) is 13.3. The third kappa shape index (κ3) is 4.20. The molecule has 1 heterocycles. The number of nitrogens with one attached hydrogen (secondary N) is 1. The summed E-state index contributed by atoms with van der Waals surface area (Å²) in [7, 11) is 0. The van der Waals surface area contributed by atoms with Gasteiger partial charge in [-0.05, 0) is 31.1 Å². The van der Waals surface area contributed by atoms with E-state index < -0.39 is 0 Å². The minimum atomic E-state index is 0.741. The van der Waals surface area contributed by atoms with Crippen LogP contribution in [-0.4, -0.2) is 23.5 Å². The van der Waals surface area contributed by atoms with Crippen LogP contribution in [0.1, 0.15) is 52.4 Å². The third-order valence-corrected chi connectivity index (χ3v) is 4.96. The summed E-state index contributed by atoms with van der Waals surface area (Å²) < 4.78 is 0. The van der Waals surface area contributed by atoms with Gasteiger partial charge in [0.15, 0.2) is 5.17 Å². The molecule has 0 amide bonds. The van der Waals surface area contributed by atoms with Crippen LogP contribution in [0.5, 0.6) is 0 Å². The maximum atomic E-state index is 4.71. The molecule has 2 nitrogen and oxygen atoms in total. The molecule has 2 fully saturated rings. The van der Waals surface area contributed by atoms with Crippen LogP contribution in [0.4, 0.5) is 0 Å². The van der Waals surface area contributed by atoms with Crippen LogP contribution < -0.4 is 5.32 Å². The predicted molar refractivity (Wildman–Crippen MR) is 77.7 cm³/mol. The lowest BCUT2D eigenvalue weighted by molar-refractivity contribution is 0.489. The maximum absolute atomic E-state index is 4.71. The van der Waals surface area contributed by atoms with Crippen molar-refractivity contribution in [3.63, 3.8) is 0 Å². The fourth-order valence-corrected chi connectivity index (χ4v) is 3.94. The number of fused-ring (bicyclic) bond motifs is 1. The standard InChI is InChI=1S/C14H26N2S/c1-11(2)6-3-4-9-15-14-16-13-8-5-7-12(13)10-17-14/h11-13H,3-10H2,1-2H3,(H,15,16). The quantitative estimate of drug-likeness (QED) is 0.757. The van der Waals surface area contributed by atoms with Gasteiger partial charge in [0.1, 0.15) is 0 Å². The molecule has 0 aromatic carbocycles. The summed E-state index contributed by atoms with van der Waals surface area (Å²) in [6.07, 6.45) is 8.10. The fraction of sp³-hybridized carbons (Fsp3) is 0.929. The first-order valence-electron chi connectivity index (χ1n) is 7.19. The first-order chi connectivity index (χ1) is 8.25. The zero-order chi connectivity index (χ0) is 12.1. The number of unbranched alkanes of at least 4 members (excludes halogenated alkanes) is 1. The zero-order valence-corrected chi connectivity index (χ0v) is 12.1. The van der Waals surface area contributed by atoms with E-state index in [-0.39, 0.29) is 0 Å². The number of thioether (sulfide) groups is 1. The summed E-state index contributed by atoms with van der Waals surface area (Å²) in [5, 5.41) is 4.85. The van der Waals surface area contributed by atoms with E-state index in [1.54, 1.807) is 0 Å². The number of amidine groups is 1. The molecule has 0 spiro atoms. The van der Waals surface area contributed by atoms with Crippen molar-refractivity contribution in [2.45, 2.75) is 58.4 Å². The lowest BCUT2D eigenvalue weighted by Gasteiger charge is -2.28. The molecule has 17 heavy (non-hydrogen) atoms. The average molecular weight is 254 g/mol. The van der Waals surface area contributed by atoms with E-state index in [9.17, 15) is 0 Å². The van der Waals surface area contributed by atoms with Crippen molar-refractivity contribution in [1.29, 1.82) is 0 Å². The maximum Gasteiger partial charge on any atom is 0.156 e. The van der Waals surface area contributed by atoms with E-state index in [1.165, 1.54) is 49.4 Å². The lowest BCUT2D eigenvalue weighted by Crippen LogP contribution is -2.41. The Kier molecular flexibility index (Phi) is 5.20. The average Bonchev–Trinajstić information content (AvgIpc) is 2.75. The van der Waals surface area contributed by atoms with Gasteiger partial charge < -0.3 is 5.32 Å². The van der Waals surface area contributed by atoms with Crippen molar-refractivity contribution in [1.82, 2.24) is 5.32 Å². The second-order valence-electron chi connectivity index (χ2n) is 5.83. The highest BCUT2D eigenvalue weighted by Crippen LogP contribution is 2.32. The van der Waals surface area contributed by atoms with Gasteiger partial charge in [-0.25, -0.2) is 0 Å². The van der Waals surface area contributed by atoms with E-state index in [2.05, 4.69) is 19.2 Å². The Hall–Kier alpha value is -0.180. The molecule has 3 heteroatoms. The van der Waals surface area contributed by atoms with E-state index in [0.29, 0.717) is 0 Å². The number of hydrogen-bond acceptors (Lipinski definition) is 2. The van der Waals surface area contributed by atoms with Gasteiger partial charge in [0.05, 0.1) is 0 Å². The van der Waals surface area contributed by atoms with Crippen molar-refractivity contribution in [3.8, 4) is 0 Å². The second-order valence-corrected chi connectivity index (χ2v) is 6.84. The summed E-state index contributed by atoms with van der Waals surface area (Å²) in [5.74, 6) is 3.05. The van der Waals surface area contributed by atoms with E-state index in [0.717, 1.165) is 24.4 Å². The number of rotatable bonds is 5. The van der Waals surface area contributed by atoms with Crippen LogP contribution in [0.3, 0.4) is 0 Å². The molecule has 2 atom stereocenters. The first-order valence-corrected chi connectivity index (χ1v) is 8.18. The molecule has 2 rings (SSSR count). The van der Waals surface area contributed by atoms with Gasteiger partial charge in [0.2, 0.25) is 0 Å². The Morgan fingerprint density at radius 2 is 2.24 bits per heavy atom. The minimum Gasteiger partial charge on any atom is -0.362 e.